The van der Waals surface area contributed by atoms with Gasteiger partial charge in [-0.1, -0.05) is 6.92 Å². The first-order chi connectivity index (χ1) is 9.20. The fraction of sp³-hybridized carbons (Fsp3) is 0.929. The third kappa shape index (κ3) is 4.16. The monoisotopic (exact) mass is 269 g/mol. The molecule has 19 heavy (non-hydrogen) atoms. The van der Waals surface area contributed by atoms with Gasteiger partial charge in [-0.2, -0.15) is 0 Å². The van der Waals surface area contributed by atoms with Crippen LogP contribution in [0.5, 0.6) is 0 Å². The minimum atomic E-state index is 0.300. The van der Waals surface area contributed by atoms with Gasteiger partial charge in [0.1, 0.15) is 0 Å². The van der Waals surface area contributed by atoms with Crippen LogP contribution in [0.4, 0.5) is 0 Å². The fourth-order valence-electron chi connectivity index (χ4n) is 2.93. The van der Waals surface area contributed by atoms with Crippen molar-refractivity contribution in [3.63, 3.8) is 0 Å². The van der Waals surface area contributed by atoms with Crippen LogP contribution >= 0.6 is 0 Å². The van der Waals surface area contributed by atoms with E-state index in [1.807, 2.05) is 4.90 Å². The Morgan fingerprint density at radius 3 is 2.74 bits per heavy atom. The third-order valence-corrected chi connectivity index (χ3v) is 4.39. The summed E-state index contributed by atoms with van der Waals surface area (Å²) in [6.45, 7) is 8.75. The molecule has 2 aliphatic heterocycles. The summed E-state index contributed by atoms with van der Waals surface area (Å²) in [5.74, 6) is 0.930. The van der Waals surface area contributed by atoms with Crippen LogP contribution in [0, 0.1) is 5.92 Å². The Kier molecular flexibility index (Phi) is 5.60. The highest BCUT2D eigenvalue weighted by molar-refractivity contribution is 5.76. The van der Waals surface area contributed by atoms with Crippen LogP contribution in [0.25, 0.3) is 0 Å². The molecule has 0 spiro atoms. The number of carbonyl (C=O) groups is 1. The second-order valence-electron chi connectivity index (χ2n) is 5.72. The average Bonchev–Trinajstić information content (AvgIpc) is 2.47. The summed E-state index contributed by atoms with van der Waals surface area (Å²) in [7, 11) is 1.79. The van der Waals surface area contributed by atoms with E-state index in [1.165, 1.54) is 6.42 Å². The van der Waals surface area contributed by atoms with E-state index >= 15 is 0 Å². The summed E-state index contributed by atoms with van der Waals surface area (Å²) >= 11 is 0. The summed E-state index contributed by atoms with van der Waals surface area (Å²) in [4.78, 5) is 16.4. The number of nitrogens with zero attached hydrogens (tertiary/aromatic N) is 2. The molecule has 2 rings (SSSR count). The molecule has 1 N–H and O–H groups in total. The van der Waals surface area contributed by atoms with Gasteiger partial charge in [-0.05, 0) is 18.9 Å². The standard InChI is InChI=1S/C14H27N3O2/c1-12-3-7-16(11-13(12)19-2)8-4-14(18)17-9-5-15-6-10-17/h12-13,15H,3-11H2,1-2H3. The van der Waals surface area contributed by atoms with Crippen LogP contribution in [0.3, 0.4) is 0 Å². The van der Waals surface area contributed by atoms with Crippen molar-refractivity contribution in [3.8, 4) is 0 Å². The predicted octanol–water partition coefficient (Wildman–Crippen LogP) is 0.165. The lowest BCUT2D eigenvalue weighted by molar-refractivity contribution is -0.132. The number of likely N-dealkylation sites (tertiary alicyclic amines) is 1. The molecule has 2 saturated heterocycles. The zero-order valence-electron chi connectivity index (χ0n) is 12.2. The summed E-state index contributed by atoms with van der Waals surface area (Å²) in [5.41, 5.74) is 0. The Bertz CT molecular complexity index is 292. The molecule has 0 saturated carbocycles. The van der Waals surface area contributed by atoms with Crippen LogP contribution in [0.1, 0.15) is 19.8 Å². The quantitative estimate of drug-likeness (QED) is 0.790. The Labute approximate surface area is 116 Å². The highest BCUT2D eigenvalue weighted by atomic mass is 16.5. The maximum Gasteiger partial charge on any atom is 0.223 e. The van der Waals surface area contributed by atoms with Gasteiger partial charge in [-0.15, -0.1) is 0 Å². The fourth-order valence-corrected chi connectivity index (χ4v) is 2.93. The van der Waals surface area contributed by atoms with Crippen molar-refractivity contribution in [1.82, 2.24) is 15.1 Å². The van der Waals surface area contributed by atoms with Gasteiger partial charge in [0.2, 0.25) is 5.91 Å². The SMILES string of the molecule is COC1CN(CCC(=O)N2CCNCC2)CCC1C. The van der Waals surface area contributed by atoms with Crippen LogP contribution in [0.15, 0.2) is 0 Å². The van der Waals surface area contributed by atoms with Crippen molar-refractivity contribution >= 4 is 5.91 Å². The molecule has 110 valence electrons. The van der Waals surface area contributed by atoms with Crippen molar-refractivity contribution < 1.29 is 9.53 Å². The third-order valence-electron chi connectivity index (χ3n) is 4.39. The van der Waals surface area contributed by atoms with E-state index in [1.54, 1.807) is 7.11 Å². The largest absolute Gasteiger partial charge is 0.380 e. The molecular formula is C14H27N3O2. The second-order valence-corrected chi connectivity index (χ2v) is 5.72. The van der Waals surface area contributed by atoms with Gasteiger partial charge in [0.25, 0.3) is 0 Å². The molecule has 2 fully saturated rings. The number of carbonyl (C=O) groups excluding carboxylic acids is 1. The first-order valence-corrected chi connectivity index (χ1v) is 7.44. The number of methoxy groups -OCH3 is 1. The van der Waals surface area contributed by atoms with E-state index < -0.39 is 0 Å². The van der Waals surface area contributed by atoms with Gasteiger partial charge in [-0.25, -0.2) is 0 Å². The van der Waals surface area contributed by atoms with Crippen molar-refractivity contribution in [3.05, 3.63) is 0 Å². The average molecular weight is 269 g/mol. The summed E-state index contributed by atoms with van der Waals surface area (Å²) in [5, 5.41) is 3.27. The minimum absolute atomic E-state index is 0.300. The van der Waals surface area contributed by atoms with Crippen LogP contribution in [-0.4, -0.2) is 74.7 Å². The Hall–Kier alpha value is -0.650. The highest BCUT2D eigenvalue weighted by Gasteiger charge is 2.26. The van der Waals surface area contributed by atoms with Crippen LogP contribution in [0.2, 0.25) is 0 Å². The smallest absolute Gasteiger partial charge is 0.223 e. The normalized spacial score (nSPS) is 29.5. The van der Waals surface area contributed by atoms with Crippen LogP contribution in [-0.2, 0) is 9.53 Å². The van der Waals surface area contributed by atoms with E-state index in [0.717, 1.165) is 45.8 Å². The molecule has 2 heterocycles. The molecule has 0 aliphatic carbocycles. The molecule has 5 nitrogen and oxygen atoms in total. The van der Waals surface area contributed by atoms with Crippen molar-refractivity contribution in [2.75, 3.05) is 52.9 Å². The Morgan fingerprint density at radius 2 is 2.05 bits per heavy atom. The van der Waals surface area contributed by atoms with Crippen molar-refractivity contribution in [1.29, 1.82) is 0 Å². The Morgan fingerprint density at radius 1 is 1.32 bits per heavy atom. The summed E-state index contributed by atoms with van der Waals surface area (Å²) in [6, 6.07) is 0. The first-order valence-electron chi connectivity index (χ1n) is 7.44. The van der Waals surface area contributed by atoms with Crippen molar-refractivity contribution in [2.45, 2.75) is 25.9 Å². The number of nitrogens with one attached hydrogen (secondary N) is 1. The van der Waals surface area contributed by atoms with E-state index in [9.17, 15) is 4.79 Å². The van der Waals surface area contributed by atoms with Gasteiger partial charge < -0.3 is 19.9 Å². The van der Waals surface area contributed by atoms with Crippen LogP contribution < -0.4 is 5.32 Å². The van der Waals surface area contributed by atoms with Gasteiger partial charge in [0.15, 0.2) is 0 Å². The zero-order valence-corrected chi connectivity index (χ0v) is 12.2. The van der Waals surface area contributed by atoms with E-state index in [-0.39, 0.29) is 0 Å². The molecule has 0 aromatic carbocycles. The van der Waals surface area contributed by atoms with Crippen molar-refractivity contribution in [2.24, 2.45) is 5.92 Å². The molecule has 0 bridgehead atoms. The summed E-state index contributed by atoms with van der Waals surface area (Å²) < 4.78 is 5.51. The maximum absolute atomic E-state index is 12.1. The van der Waals surface area contributed by atoms with Gasteiger partial charge in [0.05, 0.1) is 6.10 Å². The minimum Gasteiger partial charge on any atom is -0.380 e. The van der Waals surface area contributed by atoms with E-state index in [4.69, 9.17) is 4.74 Å². The van der Waals surface area contributed by atoms with E-state index in [2.05, 4.69) is 17.1 Å². The van der Waals surface area contributed by atoms with Gasteiger partial charge >= 0.3 is 0 Å². The second kappa shape index (κ2) is 7.22. The number of piperidine rings is 1. The first kappa shape index (κ1) is 14.8. The molecular weight excluding hydrogens is 242 g/mol. The molecule has 2 unspecified atom stereocenters. The van der Waals surface area contributed by atoms with Gasteiger partial charge in [-0.3, -0.25) is 4.79 Å². The summed E-state index contributed by atoms with van der Waals surface area (Å²) in [6.07, 6.45) is 2.13. The lowest BCUT2D eigenvalue weighted by atomic mass is 9.96. The molecule has 2 aliphatic rings. The molecule has 2 atom stereocenters. The maximum atomic E-state index is 12.1. The number of rotatable bonds is 4. The highest BCUT2D eigenvalue weighted by Crippen LogP contribution is 2.19. The molecule has 0 aromatic heterocycles. The lowest BCUT2D eigenvalue weighted by Crippen LogP contribution is -2.48. The number of amides is 1. The number of ether oxygens (including phenoxy) is 1. The molecule has 5 heteroatoms. The van der Waals surface area contributed by atoms with E-state index in [0.29, 0.717) is 24.3 Å². The number of hydrogen-bond acceptors (Lipinski definition) is 4. The van der Waals surface area contributed by atoms with Gasteiger partial charge in [0, 0.05) is 52.8 Å². The lowest BCUT2D eigenvalue weighted by Gasteiger charge is -2.36. The topological polar surface area (TPSA) is 44.8 Å². The Balaban J connectivity index is 1.71. The molecule has 1 amide bonds. The molecule has 0 aromatic rings. The number of piperazine rings is 1. The number of hydrogen-bond donors (Lipinski definition) is 1. The molecule has 0 radical (unpaired) electrons. The zero-order chi connectivity index (χ0) is 13.7. The predicted molar refractivity (Wildman–Crippen MR) is 75.1 cm³/mol.